The van der Waals surface area contributed by atoms with Crippen molar-refractivity contribution in [3.05, 3.63) is 174 Å². The Hall–Kier alpha value is -5.86. The highest BCUT2D eigenvalue weighted by molar-refractivity contribution is 6.19. The van der Waals surface area contributed by atoms with Crippen LogP contribution in [0.2, 0.25) is 0 Å². The van der Waals surface area contributed by atoms with E-state index in [1.54, 1.807) is 0 Å². The van der Waals surface area contributed by atoms with E-state index in [1.807, 2.05) is 0 Å². The van der Waals surface area contributed by atoms with Gasteiger partial charge in [0.2, 0.25) is 0 Å². The lowest BCUT2D eigenvalue weighted by Crippen LogP contribution is -2.35. The molecule has 0 amide bonds. The van der Waals surface area contributed by atoms with Crippen molar-refractivity contribution in [3.8, 4) is 33.7 Å². The molecule has 49 heavy (non-hydrogen) atoms. The molecule has 1 atom stereocenters. The predicted molar refractivity (Wildman–Crippen MR) is 205 cm³/mol. The highest BCUT2D eigenvalue weighted by Gasteiger charge is 2.41. The van der Waals surface area contributed by atoms with Crippen LogP contribution in [-0.2, 0) is 11.0 Å². The van der Waals surface area contributed by atoms with Gasteiger partial charge in [-0.25, -0.2) is 0 Å². The summed E-state index contributed by atoms with van der Waals surface area (Å²) in [6, 6.07) is 52.6. The van der Waals surface area contributed by atoms with Gasteiger partial charge in [0.15, 0.2) is 5.60 Å². The molecule has 2 aliphatic rings. The quantitative estimate of drug-likeness (QED) is 0.190. The van der Waals surface area contributed by atoms with Gasteiger partial charge in [0, 0.05) is 43.9 Å². The summed E-state index contributed by atoms with van der Waals surface area (Å²) < 4.78 is 9.93. The predicted octanol–water partition coefficient (Wildman–Crippen LogP) is 12.2. The summed E-state index contributed by atoms with van der Waals surface area (Å²) in [6.45, 7) is 6.98. The Kier molecular flexibility index (Phi) is 5.79. The van der Waals surface area contributed by atoms with E-state index in [0.29, 0.717) is 0 Å². The normalized spacial score (nSPS) is 16.2. The van der Waals surface area contributed by atoms with Gasteiger partial charge >= 0.3 is 0 Å². The van der Waals surface area contributed by atoms with E-state index < -0.39 is 5.60 Å². The first kappa shape index (κ1) is 28.2. The lowest BCUT2D eigenvalue weighted by Gasteiger charge is -2.39. The first-order valence-corrected chi connectivity index (χ1v) is 17.2. The topological polar surface area (TPSA) is 14.2 Å². The molecule has 7 aromatic carbocycles. The molecule has 10 rings (SSSR count). The number of ether oxygens (including phenoxy) is 1. The smallest absolute Gasteiger partial charge is 0.178 e. The van der Waals surface area contributed by atoms with Crippen molar-refractivity contribution in [1.82, 2.24) is 4.57 Å². The summed E-state index contributed by atoms with van der Waals surface area (Å²) in [5, 5.41) is 4.99. The number of hydrogen-bond acceptors (Lipinski definition) is 1. The van der Waals surface area contributed by atoms with E-state index in [2.05, 4.69) is 183 Å². The van der Waals surface area contributed by atoms with E-state index in [-0.39, 0.29) is 5.41 Å². The first-order chi connectivity index (χ1) is 23.9. The molecule has 1 aromatic heterocycles. The van der Waals surface area contributed by atoms with Crippen LogP contribution < -0.4 is 4.74 Å². The Morgan fingerprint density at radius 3 is 1.80 bits per heavy atom. The van der Waals surface area contributed by atoms with Crippen LogP contribution in [0, 0.1) is 0 Å². The van der Waals surface area contributed by atoms with Crippen molar-refractivity contribution in [1.29, 1.82) is 0 Å². The average molecular weight is 630 g/mol. The van der Waals surface area contributed by atoms with Gasteiger partial charge in [0.25, 0.3) is 0 Å². The van der Waals surface area contributed by atoms with Crippen LogP contribution in [0.5, 0.6) is 5.75 Å². The molecular formula is C47H35NO. The van der Waals surface area contributed by atoms with Crippen LogP contribution in [-0.4, -0.2) is 4.57 Å². The van der Waals surface area contributed by atoms with Crippen molar-refractivity contribution >= 4 is 38.7 Å². The zero-order valence-corrected chi connectivity index (χ0v) is 27.9. The van der Waals surface area contributed by atoms with Gasteiger partial charge in [0.1, 0.15) is 5.75 Å². The van der Waals surface area contributed by atoms with Crippen molar-refractivity contribution in [2.75, 3.05) is 0 Å². The van der Waals surface area contributed by atoms with Crippen LogP contribution >= 0.6 is 0 Å². The van der Waals surface area contributed by atoms with Crippen molar-refractivity contribution in [3.63, 3.8) is 0 Å². The van der Waals surface area contributed by atoms with Crippen LogP contribution in [0.15, 0.2) is 152 Å². The summed E-state index contributed by atoms with van der Waals surface area (Å²) in [6.07, 6.45) is 4.63. The molecule has 2 heterocycles. The second-order valence-electron chi connectivity index (χ2n) is 14.5. The minimum absolute atomic E-state index is 0.109. The van der Waals surface area contributed by atoms with E-state index in [0.717, 1.165) is 22.6 Å². The minimum atomic E-state index is -0.811. The zero-order chi connectivity index (χ0) is 32.9. The molecule has 1 aliphatic heterocycles. The van der Waals surface area contributed by atoms with Gasteiger partial charge in [-0.1, -0.05) is 148 Å². The molecule has 8 aromatic rings. The van der Waals surface area contributed by atoms with Gasteiger partial charge in [0.05, 0.1) is 11.0 Å². The van der Waals surface area contributed by atoms with Crippen LogP contribution in [0.1, 0.15) is 43.0 Å². The maximum absolute atomic E-state index is 7.55. The average Bonchev–Trinajstić information content (AvgIpc) is 3.65. The molecule has 0 spiro atoms. The maximum Gasteiger partial charge on any atom is 0.178 e. The Morgan fingerprint density at radius 1 is 0.531 bits per heavy atom. The first-order valence-electron chi connectivity index (χ1n) is 17.2. The molecule has 2 nitrogen and oxygen atoms in total. The van der Waals surface area contributed by atoms with Gasteiger partial charge in [-0.05, 0) is 63.6 Å². The number of nitrogens with zero attached hydrogens (tertiary/aromatic N) is 1. The zero-order valence-electron chi connectivity index (χ0n) is 27.9. The summed E-state index contributed by atoms with van der Waals surface area (Å²) >= 11 is 0. The molecule has 1 aliphatic carbocycles. The molecule has 1 unspecified atom stereocenters. The lowest BCUT2D eigenvalue weighted by atomic mass is 9.75. The molecule has 2 heteroatoms. The molecule has 0 saturated heterocycles. The highest BCUT2D eigenvalue weighted by atomic mass is 16.5. The molecule has 0 fully saturated rings. The summed E-state index contributed by atoms with van der Waals surface area (Å²) in [5.74, 6) is 0.955. The van der Waals surface area contributed by atoms with Crippen molar-refractivity contribution < 1.29 is 4.74 Å². The standard InChI is InChI=1S/C47H35NO/c1-46(2,3)44-39-28-29-47(30-14-5-4-6-15-30,49-45(39)38-21-13-20-36-33-16-7-8-19-37(33)43(44)42(36)38)31-24-26-32(27-25-31)48-40-22-11-9-17-34(40)35-18-10-12-23-41(35)48/h4-29H,1-3H3. The number of para-hydroxylation sites is 2. The Balaban J connectivity index is 1.20. The molecule has 0 saturated carbocycles. The Labute approximate surface area is 286 Å². The third-order valence-corrected chi connectivity index (χ3v) is 10.6. The molecule has 0 N–H and O–H groups in total. The van der Waals surface area contributed by atoms with E-state index in [4.69, 9.17) is 4.74 Å². The van der Waals surface area contributed by atoms with Crippen molar-refractivity contribution in [2.24, 2.45) is 0 Å². The SMILES string of the molecule is CC(C)(C)c1c2c(c3cccc4c3c1-c1ccccc1-4)OC(c1ccccc1)(c1ccc(-n3c4ccccc4c4ccccc43)cc1)C=C2. The van der Waals surface area contributed by atoms with E-state index in [9.17, 15) is 0 Å². The number of benzene rings is 7. The van der Waals surface area contributed by atoms with Crippen LogP contribution in [0.25, 0.3) is 66.6 Å². The summed E-state index contributed by atoms with van der Waals surface area (Å²) in [4.78, 5) is 0. The number of fused-ring (bicyclic) bond motifs is 8. The van der Waals surface area contributed by atoms with Gasteiger partial charge in [-0.3, -0.25) is 0 Å². The number of aromatic nitrogens is 1. The van der Waals surface area contributed by atoms with Gasteiger partial charge < -0.3 is 9.30 Å². The second-order valence-corrected chi connectivity index (χ2v) is 14.5. The summed E-state index contributed by atoms with van der Waals surface area (Å²) in [5.41, 5.74) is 12.6. The van der Waals surface area contributed by atoms with E-state index >= 15 is 0 Å². The Bertz CT molecular complexity index is 2600. The van der Waals surface area contributed by atoms with Gasteiger partial charge in [-0.2, -0.15) is 0 Å². The molecule has 0 radical (unpaired) electrons. The third-order valence-electron chi connectivity index (χ3n) is 10.6. The monoisotopic (exact) mass is 629 g/mol. The fraction of sp³-hybridized carbons (Fsp3) is 0.106. The fourth-order valence-corrected chi connectivity index (χ4v) is 8.62. The van der Waals surface area contributed by atoms with Crippen LogP contribution in [0.3, 0.4) is 0 Å². The van der Waals surface area contributed by atoms with E-state index in [1.165, 1.54) is 66.0 Å². The number of rotatable bonds is 3. The number of hydrogen-bond donors (Lipinski definition) is 0. The summed E-state index contributed by atoms with van der Waals surface area (Å²) in [7, 11) is 0. The minimum Gasteiger partial charge on any atom is -0.472 e. The molecular weight excluding hydrogens is 595 g/mol. The maximum atomic E-state index is 7.55. The molecule has 0 bridgehead atoms. The van der Waals surface area contributed by atoms with Gasteiger partial charge in [-0.15, -0.1) is 0 Å². The Morgan fingerprint density at radius 2 is 1.10 bits per heavy atom. The third kappa shape index (κ3) is 3.89. The fourth-order valence-electron chi connectivity index (χ4n) is 8.62. The second kappa shape index (κ2) is 10.1. The van der Waals surface area contributed by atoms with Crippen LogP contribution in [0.4, 0.5) is 0 Å². The van der Waals surface area contributed by atoms with Crippen molar-refractivity contribution in [2.45, 2.75) is 31.8 Å². The highest BCUT2D eigenvalue weighted by Crippen LogP contribution is 2.57. The molecule has 234 valence electrons. The lowest BCUT2D eigenvalue weighted by molar-refractivity contribution is 0.163. The largest absolute Gasteiger partial charge is 0.472 e.